The molecule has 0 atom stereocenters. The van der Waals surface area contributed by atoms with Crippen LogP contribution >= 0.6 is 22.9 Å². The van der Waals surface area contributed by atoms with E-state index in [1.54, 1.807) is 20.8 Å². The second-order valence-electron chi connectivity index (χ2n) is 5.70. The number of carbonyl (C=O) groups excluding carboxylic acids is 2. The fraction of sp³-hybridized carbons (Fsp3) is 0.462. The summed E-state index contributed by atoms with van der Waals surface area (Å²) >= 11 is 6.13. The van der Waals surface area contributed by atoms with Gasteiger partial charge in [0.15, 0.2) is 5.13 Å². The summed E-state index contributed by atoms with van der Waals surface area (Å²) in [6.45, 7) is 4.07. The highest BCUT2D eigenvalue weighted by Crippen LogP contribution is 2.30. The number of ether oxygens (including phenoxy) is 1. The van der Waals surface area contributed by atoms with E-state index in [0.29, 0.717) is 11.3 Å². The van der Waals surface area contributed by atoms with Crippen molar-refractivity contribution in [2.75, 3.05) is 11.9 Å². The lowest BCUT2D eigenvalue weighted by Gasteiger charge is -2.18. The third-order valence-corrected chi connectivity index (χ3v) is 3.42. The molecule has 1 aromatic heterocycles. The number of nitrogens with one attached hydrogen (secondary N) is 1. The van der Waals surface area contributed by atoms with Gasteiger partial charge in [-0.2, -0.15) is 13.2 Å². The quantitative estimate of drug-likeness (QED) is 0.402. The predicted octanol–water partition coefficient (Wildman–Crippen LogP) is 2.44. The van der Waals surface area contributed by atoms with Crippen molar-refractivity contribution < 1.29 is 42.2 Å². The predicted molar refractivity (Wildman–Crippen MR) is 87.8 cm³/mol. The summed E-state index contributed by atoms with van der Waals surface area (Å²) in [5, 5.41) is 13.2. The van der Waals surface area contributed by atoms with Crippen LogP contribution in [0, 0.1) is 0 Å². The van der Waals surface area contributed by atoms with Crippen LogP contribution in [0.4, 0.5) is 18.3 Å². The minimum Gasteiger partial charge on any atom is -0.476 e. The molecule has 1 aromatic rings. The molecule has 27 heavy (non-hydrogen) atoms. The van der Waals surface area contributed by atoms with E-state index in [1.165, 1.54) is 5.32 Å². The summed E-state index contributed by atoms with van der Waals surface area (Å²) in [4.78, 5) is 41.7. The Morgan fingerprint density at radius 3 is 2.37 bits per heavy atom. The number of halogens is 4. The van der Waals surface area contributed by atoms with Crippen molar-refractivity contribution in [3.05, 3.63) is 10.0 Å². The van der Waals surface area contributed by atoms with Gasteiger partial charge in [-0.15, -0.1) is 0 Å². The van der Waals surface area contributed by atoms with Crippen LogP contribution in [0.5, 0.6) is 0 Å². The molecule has 2 N–H and O–H groups in total. The molecule has 0 aromatic carbocycles. The van der Waals surface area contributed by atoms with Crippen molar-refractivity contribution in [2.24, 2.45) is 5.16 Å². The third kappa shape index (κ3) is 7.38. The molecule has 0 saturated heterocycles. The molecule has 0 aliphatic rings. The first-order valence-corrected chi connectivity index (χ1v) is 8.10. The number of oxime groups is 1. The maximum Gasteiger partial charge on any atom is 0.471 e. The second-order valence-corrected chi connectivity index (χ2v) is 7.30. The van der Waals surface area contributed by atoms with Crippen molar-refractivity contribution in [3.63, 3.8) is 0 Å². The molecule has 0 aliphatic heterocycles. The number of carboxylic acids is 1. The van der Waals surface area contributed by atoms with E-state index in [9.17, 15) is 27.6 Å². The molecule has 14 heteroatoms. The van der Waals surface area contributed by atoms with Crippen molar-refractivity contribution in [2.45, 2.75) is 32.5 Å². The smallest absolute Gasteiger partial charge is 0.471 e. The molecule has 9 nitrogen and oxygen atoms in total. The van der Waals surface area contributed by atoms with Gasteiger partial charge in [0.25, 0.3) is 0 Å². The Morgan fingerprint density at radius 2 is 1.89 bits per heavy atom. The van der Waals surface area contributed by atoms with Crippen LogP contribution in [0.1, 0.15) is 26.5 Å². The SMILES string of the molecule is CC(C)(C)OC(=O)CO/N=C(\C(=O)O)c1nc(NC(=O)C(F)(F)F)sc1Cl. The summed E-state index contributed by atoms with van der Waals surface area (Å²) in [5.74, 6) is -4.83. The number of hydrogen-bond acceptors (Lipinski definition) is 8. The lowest BCUT2D eigenvalue weighted by Crippen LogP contribution is -2.30. The molecule has 0 aliphatic carbocycles. The Kier molecular flexibility index (Phi) is 7.14. The average Bonchev–Trinajstić information content (AvgIpc) is 2.80. The van der Waals surface area contributed by atoms with Crippen LogP contribution in [-0.2, 0) is 24.0 Å². The molecule has 1 heterocycles. The van der Waals surface area contributed by atoms with E-state index in [4.69, 9.17) is 21.4 Å². The van der Waals surface area contributed by atoms with Crippen LogP contribution in [0.2, 0.25) is 4.34 Å². The normalized spacial score (nSPS) is 12.5. The molecule has 0 spiro atoms. The van der Waals surface area contributed by atoms with Gasteiger partial charge in [-0.3, -0.25) is 10.1 Å². The van der Waals surface area contributed by atoms with E-state index in [0.717, 1.165) is 0 Å². The maximum absolute atomic E-state index is 12.2. The number of hydrogen-bond donors (Lipinski definition) is 2. The number of carboxylic acid groups (broad SMARTS) is 1. The topological polar surface area (TPSA) is 127 Å². The lowest BCUT2D eigenvalue weighted by molar-refractivity contribution is -0.167. The highest BCUT2D eigenvalue weighted by Gasteiger charge is 2.39. The van der Waals surface area contributed by atoms with E-state index >= 15 is 0 Å². The van der Waals surface area contributed by atoms with Gasteiger partial charge in [0, 0.05) is 0 Å². The molecule has 0 fully saturated rings. The Balaban J connectivity index is 2.93. The highest BCUT2D eigenvalue weighted by atomic mass is 35.5. The van der Waals surface area contributed by atoms with E-state index in [1.807, 2.05) is 0 Å². The van der Waals surface area contributed by atoms with Gasteiger partial charge in [0.2, 0.25) is 12.3 Å². The fourth-order valence-electron chi connectivity index (χ4n) is 1.37. The monoisotopic (exact) mass is 431 g/mol. The number of esters is 1. The highest BCUT2D eigenvalue weighted by molar-refractivity contribution is 7.20. The molecule has 1 amide bonds. The van der Waals surface area contributed by atoms with Crippen LogP contribution in [0.3, 0.4) is 0 Å². The van der Waals surface area contributed by atoms with Crippen LogP contribution in [0.15, 0.2) is 5.16 Å². The number of carbonyl (C=O) groups is 3. The standard InChI is InChI=1S/C13H13ClF3N3O6S/c1-12(2,3)26-5(21)4-25-20-7(9(22)23)6-8(14)27-11(18-6)19-10(24)13(15,16)17/h4H2,1-3H3,(H,22,23)(H,18,19,24)/b20-7-. The molecule has 1 rings (SSSR count). The average molecular weight is 432 g/mol. The lowest BCUT2D eigenvalue weighted by atomic mass is 10.2. The van der Waals surface area contributed by atoms with Crippen molar-refractivity contribution in [1.82, 2.24) is 4.98 Å². The van der Waals surface area contributed by atoms with Gasteiger partial charge in [-0.05, 0) is 20.8 Å². The minimum atomic E-state index is -5.17. The molecular formula is C13H13ClF3N3O6S. The zero-order valence-corrected chi connectivity index (χ0v) is 15.6. The first-order valence-electron chi connectivity index (χ1n) is 6.90. The van der Waals surface area contributed by atoms with Gasteiger partial charge in [0.1, 0.15) is 15.6 Å². The van der Waals surface area contributed by atoms with Crippen molar-refractivity contribution in [3.8, 4) is 0 Å². The molecule has 0 radical (unpaired) electrons. The summed E-state index contributed by atoms with van der Waals surface area (Å²) in [6, 6.07) is 0. The number of thiazole rings is 1. The van der Waals surface area contributed by atoms with Crippen molar-refractivity contribution >= 4 is 51.6 Å². The largest absolute Gasteiger partial charge is 0.476 e. The van der Waals surface area contributed by atoms with E-state index < -0.39 is 52.8 Å². The number of nitrogens with zero attached hydrogens (tertiary/aromatic N) is 2. The molecule has 0 saturated carbocycles. The third-order valence-electron chi connectivity index (χ3n) is 2.25. The molecular weight excluding hydrogens is 419 g/mol. The Hall–Kier alpha value is -2.41. The van der Waals surface area contributed by atoms with E-state index in [-0.39, 0.29) is 4.34 Å². The molecule has 0 bridgehead atoms. The number of rotatable bonds is 6. The summed E-state index contributed by atoms with van der Waals surface area (Å²) in [5.41, 5.74) is -2.23. The molecule has 150 valence electrons. The Labute approximate surface area is 159 Å². The maximum atomic E-state index is 12.2. The summed E-state index contributed by atoms with van der Waals surface area (Å²) in [6.07, 6.45) is -5.17. The number of aliphatic carboxylic acids is 1. The van der Waals surface area contributed by atoms with E-state index in [2.05, 4.69) is 15.0 Å². The summed E-state index contributed by atoms with van der Waals surface area (Å²) in [7, 11) is 0. The van der Waals surface area contributed by atoms with Crippen LogP contribution in [0.25, 0.3) is 0 Å². The Morgan fingerprint density at radius 1 is 1.30 bits per heavy atom. The van der Waals surface area contributed by atoms with Gasteiger partial charge in [-0.1, -0.05) is 28.1 Å². The van der Waals surface area contributed by atoms with Crippen LogP contribution < -0.4 is 5.32 Å². The minimum absolute atomic E-state index is 0.366. The van der Waals surface area contributed by atoms with Crippen LogP contribution in [-0.4, -0.2) is 52.0 Å². The first-order chi connectivity index (χ1) is 12.2. The van der Waals surface area contributed by atoms with Gasteiger partial charge in [-0.25, -0.2) is 14.6 Å². The summed E-state index contributed by atoms with van der Waals surface area (Å²) < 4.78 is 41.3. The molecule has 0 unspecified atom stereocenters. The number of anilines is 1. The second kappa shape index (κ2) is 8.52. The Bertz CT molecular complexity index is 772. The van der Waals surface area contributed by atoms with Gasteiger partial charge < -0.3 is 14.7 Å². The zero-order chi connectivity index (χ0) is 21.0. The fourth-order valence-corrected chi connectivity index (χ4v) is 2.41. The number of aromatic nitrogens is 1. The van der Waals surface area contributed by atoms with Gasteiger partial charge in [0.05, 0.1) is 0 Å². The zero-order valence-electron chi connectivity index (χ0n) is 14.0. The first kappa shape index (κ1) is 22.6. The number of amides is 1. The number of alkyl halides is 3. The van der Waals surface area contributed by atoms with Crippen molar-refractivity contribution in [1.29, 1.82) is 0 Å². The van der Waals surface area contributed by atoms with Gasteiger partial charge >= 0.3 is 24.0 Å².